The average Bonchev–Trinajstić information content (AvgIpc) is 3.39. The number of thioether (sulfide) groups is 1. The molecule has 0 spiro atoms. The van der Waals surface area contributed by atoms with Gasteiger partial charge in [0.1, 0.15) is 16.6 Å². The number of benzene rings is 1. The summed E-state index contributed by atoms with van der Waals surface area (Å²) >= 11 is 1.32. The molecule has 1 aromatic carbocycles. The fourth-order valence-corrected chi connectivity index (χ4v) is 4.05. The lowest BCUT2D eigenvalue weighted by Crippen LogP contribution is -2.35. The van der Waals surface area contributed by atoms with E-state index in [9.17, 15) is 9.59 Å². The molecule has 1 amide bonds. The standard InChI is InChI=1S/C22H20N4O4S/c1-3-5-18-25-26-19(23)16(20(27)24-22(26)31-18)12-15-10-11-17(30-15)13-6-8-14(9-7-13)21(28)29-4-2/h6-12,23H,3-5H2,1-2H3/b16-12+,23-19?. The summed E-state index contributed by atoms with van der Waals surface area (Å²) in [6.07, 6.45) is 3.20. The van der Waals surface area contributed by atoms with Gasteiger partial charge >= 0.3 is 5.97 Å². The minimum atomic E-state index is -0.492. The van der Waals surface area contributed by atoms with Gasteiger partial charge < -0.3 is 9.15 Å². The highest BCUT2D eigenvalue weighted by Gasteiger charge is 2.35. The third kappa shape index (κ3) is 4.22. The Morgan fingerprint density at radius 1 is 1.23 bits per heavy atom. The van der Waals surface area contributed by atoms with Crippen LogP contribution in [0.5, 0.6) is 0 Å². The number of aliphatic imine (C=N–C) groups is 1. The van der Waals surface area contributed by atoms with Crippen molar-refractivity contribution in [3.05, 3.63) is 53.3 Å². The first-order valence-corrected chi connectivity index (χ1v) is 10.7. The molecule has 2 aromatic rings. The van der Waals surface area contributed by atoms with Crippen LogP contribution in [0.25, 0.3) is 17.4 Å². The minimum Gasteiger partial charge on any atom is -0.462 e. The molecule has 4 rings (SSSR count). The molecule has 31 heavy (non-hydrogen) atoms. The van der Waals surface area contributed by atoms with Crippen LogP contribution in [0, 0.1) is 5.41 Å². The van der Waals surface area contributed by atoms with Crippen molar-refractivity contribution in [3.8, 4) is 11.3 Å². The van der Waals surface area contributed by atoms with Crippen LogP contribution in [0.2, 0.25) is 0 Å². The van der Waals surface area contributed by atoms with E-state index in [1.54, 1.807) is 43.3 Å². The highest BCUT2D eigenvalue weighted by Crippen LogP contribution is 2.30. The molecule has 0 unspecified atom stereocenters. The molecular weight excluding hydrogens is 416 g/mol. The Balaban J connectivity index is 1.55. The summed E-state index contributed by atoms with van der Waals surface area (Å²) in [5.41, 5.74) is 1.35. The van der Waals surface area contributed by atoms with Gasteiger partial charge in [-0.15, -0.1) is 0 Å². The van der Waals surface area contributed by atoms with E-state index in [4.69, 9.17) is 14.6 Å². The summed E-state index contributed by atoms with van der Waals surface area (Å²) in [5, 5.41) is 15.4. The van der Waals surface area contributed by atoms with Crippen molar-refractivity contribution in [1.82, 2.24) is 5.01 Å². The van der Waals surface area contributed by atoms with Gasteiger partial charge in [0.05, 0.1) is 17.7 Å². The van der Waals surface area contributed by atoms with Gasteiger partial charge in [-0.3, -0.25) is 10.2 Å². The number of carbonyl (C=O) groups is 2. The van der Waals surface area contributed by atoms with Crippen molar-refractivity contribution in [3.63, 3.8) is 0 Å². The van der Waals surface area contributed by atoms with Gasteiger partial charge in [-0.25, -0.2) is 4.79 Å². The summed E-state index contributed by atoms with van der Waals surface area (Å²) < 4.78 is 10.8. The molecule has 0 radical (unpaired) electrons. The first kappa shape index (κ1) is 20.8. The maximum absolute atomic E-state index is 12.5. The molecule has 1 aromatic heterocycles. The van der Waals surface area contributed by atoms with Crippen LogP contribution < -0.4 is 0 Å². The monoisotopic (exact) mass is 436 g/mol. The lowest BCUT2D eigenvalue weighted by Gasteiger charge is -2.19. The number of nitrogens with one attached hydrogen (secondary N) is 1. The Morgan fingerprint density at radius 2 is 2.00 bits per heavy atom. The van der Waals surface area contributed by atoms with Gasteiger partial charge in [-0.1, -0.05) is 19.1 Å². The van der Waals surface area contributed by atoms with E-state index in [-0.39, 0.29) is 17.4 Å². The van der Waals surface area contributed by atoms with E-state index in [1.807, 2.05) is 6.92 Å². The lowest BCUT2D eigenvalue weighted by molar-refractivity contribution is -0.114. The Kier molecular flexibility index (Phi) is 5.85. The molecule has 0 atom stereocenters. The number of carbonyl (C=O) groups excluding carboxylic acids is 2. The first-order chi connectivity index (χ1) is 15.0. The number of nitrogens with zero attached hydrogens (tertiary/aromatic N) is 3. The number of rotatable bonds is 6. The summed E-state index contributed by atoms with van der Waals surface area (Å²) in [6.45, 7) is 4.12. The highest BCUT2D eigenvalue weighted by atomic mass is 32.2. The zero-order chi connectivity index (χ0) is 22.0. The molecule has 3 heterocycles. The van der Waals surface area contributed by atoms with Gasteiger partial charge in [0.15, 0.2) is 5.84 Å². The number of amides is 1. The van der Waals surface area contributed by atoms with Crippen LogP contribution in [0.1, 0.15) is 42.8 Å². The first-order valence-electron chi connectivity index (χ1n) is 9.86. The van der Waals surface area contributed by atoms with Gasteiger partial charge in [-0.05, 0) is 61.9 Å². The second-order valence-electron chi connectivity index (χ2n) is 6.76. The average molecular weight is 436 g/mol. The topological polar surface area (TPSA) is 108 Å². The van der Waals surface area contributed by atoms with Crippen LogP contribution in [-0.4, -0.2) is 39.5 Å². The Hall–Kier alpha value is -3.46. The van der Waals surface area contributed by atoms with Gasteiger partial charge in [0, 0.05) is 5.56 Å². The predicted molar refractivity (Wildman–Crippen MR) is 120 cm³/mol. The number of hydrogen-bond acceptors (Lipinski definition) is 7. The number of esters is 1. The van der Waals surface area contributed by atoms with Gasteiger partial charge in [0.2, 0.25) is 5.17 Å². The highest BCUT2D eigenvalue weighted by molar-refractivity contribution is 8.26. The molecule has 0 saturated heterocycles. The molecule has 0 saturated carbocycles. The lowest BCUT2D eigenvalue weighted by atomic mass is 10.1. The van der Waals surface area contributed by atoms with Crippen molar-refractivity contribution in [2.75, 3.05) is 6.61 Å². The van der Waals surface area contributed by atoms with E-state index in [2.05, 4.69) is 10.1 Å². The third-order valence-electron chi connectivity index (χ3n) is 4.55. The fraction of sp³-hybridized carbons (Fsp3) is 0.227. The Morgan fingerprint density at radius 3 is 2.71 bits per heavy atom. The second kappa shape index (κ2) is 8.73. The van der Waals surface area contributed by atoms with E-state index in [0.29, 0.717) is 28.9 Å². The van der Waals surface area contributed by atoms with Crippen molar-refractivity contribution < 1.29 is 18.7 Å². The largest absolute Gasteiger partial charge is 0.462 e. The molecule has 0 fully saturated rings. The fourth-order valence-electron chi connectivity index (χ4n) is 3.06. The molecule has 9 heteroatoms. The van der Waals surface area contributed by atoms with Crippen molar-refractivity contribution >= 4 is 45.8 Å². The Bertz CT molecular complexity index is 1140. The van der Waals surface area contributed by atoms with E-state index < -0.39 is 5.91 Å². The zero-order valence-electron chi connectivity index (χ0n) is 17.0. The number of amidine groups is 2. The number of fused-ring (bicyclic) bond motifs is 1. The minimum absolute atomic E-state index is 0.0228. The third-order valence-corrected chi connectivity index (χ3v) is 5.52. The molecular formula is C22H20N4O4S. The Labute approximate surface area is 183 Å². The van der Waals surface area contributed by atoms with Crippen molar-refractivity contribution in [2.24, 2.45) is 10.1 Å². The molecule has 1 N–H and O–H groups in total. The van der Waals surface area contributed by atoms with Crippen LogP contribution >= 0.6 is 11.8 Å². The molecule has 158 valence electrons. The molecule has 2 aliphatic heterocycles. The maximum Gasteiger partial charge on any atom is 0.338 e. The number of furan rings is 1. The van der Waals surface area contributed by atoms with Gasteiger partial charge in [-0.2, -0.15) is 15.1 Å². The quantitative estimate of drug-likeness (QED) is 0.526. The van der Waals surface area contributed by atoms with Crippen molar-refractivity contribution in [1.29, 1.82) is 5.41 Å². The number of hydrazone groups is 1. The number of hydrogen-bond donors (Lipinski definition) is 1. The number of ether oxygens (including phenoxy) is 1. The summed E-state index contributed by atoms with van der Waals surface area (Å²) in [4.78, 5) is 28.3. The summed E-state index contributed by atoms with van der Waals surface area (Å²) in [7, 11) is 0. The SMILES string of the molecule is CCCC1=NN2C(=N)/C(=C\c3ccc(-c4ccc(C(=O)OCC)cc4)o3)C(=O)N=C2S1. The normalized spacial score (nSPS) is 17.0. The molecule has 0 bridgehead atoms. The van der Waals surface area contributed by atoms with Crippen molar-refractivity contribution in [2.45, 2.75) is 26.7 Å². The van der Waals surface area contributed by atoms with E-state index in [1.165, 1.54) is 22.8 Å². The van der Waals surface area contributed by atoms with Crippen LogP contribution in [-0.2, 0) is 9.53 Å². The zero-order valence-corrected chi connectivity index (χ0v) is 17.9. The smallest absolute Gasteiger partial charge is 0.338 e. The second-order valence-corrected chi connectivity index (χ2v) is 7.80. The van der Waals surface area contributed by atoms with Crippen LogP contribution in [0.15, 0.2) is 56.5 Å². The predicted octanol–water partition coefficient (Wildman–Crippen LogP) is 4.54. The molecule has 8 nitrogen and oxygen atoms in total. The van der Waals surface area contributed by atoms with E-state index in [0.717, 1.165) is 23.4 Å². The summed E-state index contributed by atoms with van der Waals surface area (Å²) in [5.74, 6) is 0.0961. The maximum atomic E-state index is 12.5. The molecule has 0 aliphatic carbocycles. The van der Waals surface area contributed by atoms with Gasteiger partial charge in [0.25, 0.3) is 5.91 Å². The van der Waals surface area contributed by atoms with E-state index >= 15 is 0 Å². The summed E-state index contributed by atoms with van der Waals surface area (Å²) in [6, 6.07) is 10.3. The molecule has 2 aliphatic rings. The van der Waals surface area contributed by atoms with Crippen LogP contribution in [0.4, 0.5) is 0 Å². The van der Waals surface area contributed by atoms with Crippen LogP contribution in [0.3, 0.4) is 0 Å².